The number of hydrogen-bond acceptors (Lipinski definition) is 6. The summed E-state index contributed by atoms with van der Waals surface area (Å²) in [5, 5.41) is 11.1. The van der Waals surface area contributed by atoms with Gasteiger partial charge in [0.05, 0.1) is 23.4 Å². The predicted molar refractivity (Wildman–Crippen MR) is 135 cm³/mol. The number of aliphatic carboxylic acids is 1. The number of fused-ring (bicyclic) bond motifs is 6. The van der Waals surface area contributed by atoms with Crippen LogP contribution >= 0.6 is 39.0 Å². The lowest BCUT2D eigenvalue weighted by Crippen LogP contribution is -2.49. The highest BCUT2D eigenvalue weighted by molar-refractivity contribution is 9.10. The molecule has 35 heavy (non-hydrogen) atoms. The third kappa shape index (κ3) is 3.10. The first-order chi connectivity index (χ1) is 16.9. The highest BCUT2D eigenvalue weighted by atomic mass is 79.9. The van der Waals surface area contributed by atoms with Crippen LogP contribution in [0, 0.1) is 29.6 Å². The highest BCUT2D eigenvalue weighted by Crippen LogP contribution is 2.68. The minimum atomic E-state index is -0.926. The summed E-state index contributed by atoms with van der Waals surface area (Å²) in [4.78, 5) is 39.9. The summed E-state index contributed by atoms with van der Waals surface area (Å²) < 4.78 is 8.61. The van der Waals surface area contributed by atoms with E-state index in [1.165, 1.54) is 11.3 Å². The Morgan fingerprint density at radius 3 is 2.71 bits per heavy atom. The third-order valence-electron chi connectivity index (χ3n) is 8.20. The Morgan fingerprint density at radius 2 is 1.94 bits per heavy atom. The first kappa shape index (κ1) is 21.9. The molecular weight excluding hydrogens is 550 g/mol. The summed E-state index contributed by atoms with van der Waals surface area (Å²) in [6.45, 7) is 0.474. The van der Waals surface area contributed by atoms with E-state index in [0.29, 0.717) is 18.7 Å². The molecule has 6 nitrogen and oxygen atoms in total. The van der Waals surface area contributed by atoms with Gasteiger partial charge in [-0.1, -0.05) is 57.6 Å². The molecule has 2 aliphatic carbocycles. The lowest BCUT2D eigenvalue weighted by atomic mass is 9.66. The van der Waals surface area contributed by atoms with Crippen molar-refractivity contribution >= 4 is 51.0 Å². The van der Waals surface area contributed by atoms with Crippen molar-refractivity contribution in [3.8, 4) is 5.75 Å². The molecule has 9 heteroatoms. The molecule has 0 radical (unpaired) electrons. The maximum absolute atomic E-state index is 13.3. The number of thiazole rings is 1. The Bertz CT molecular complexity index is 1450. The van der Waals surface area contributed by atoms with E-state index in [4.69, 9.17) is 4.74 Å². The molecule has 3 aromatic rings. The van der Waals surface area contributed by atoms with Gasteiger partial charge in [-0.25, -0.2) is 0 Å². The highest BCUT2D eigenvalue weighted by Gasteiger charge is 2.67. The zero-order valence-corrected chi connectivity index (χ0v) is 21.5. The summed E-state index contributed by atoms with van der Waals surface area (Å²) in [7, 11) is 0. The van der Waals surface area contributed by atoms with Gasteiger partial charge in [-0.2, -0.15) is 0 Å². The van der Waals surface area contributed by atoms with E-state index < -0.39 is 23.8 Å². The van der Waals surface area contributed by atoms with Crippen molar-refractivity contribution in [2.75, 3.05) is 0 Å². The second-order valence-corrected chi connectivity index (χ2v) is 12.9. The van der Waals surface area contributed by atoms with Gasteiger partial charge in [-0.05, 0) is 47.9 Å². The predicted octanol–water partition coefficient (Wildman–Crippen LogP) is 4.83. The molecular formula is C26H20BrNO5S2. The molecule has 3 heterocycles. The maximum atomic E-state index is 13.3. The van der Waals surface area contributed by atoms with Crippen LogP contribution in [0.4, 0.5) is 0 Å². The molecule has 7 rings (SSSR count). The minimum Gasteiger partial charge on any atom is -0.481 e. The van der Waals surface area contributed by atoms with Crippen molar-refractivity contribution in [2.24, 2.45) is 29.6 Å². The van der Waals surface area contributed by atoms with Crippen LogP contribution in [-0.2, 0) is 16.1 Å². The number of esters is 1. The van der Waals surface area contributed by atoms with Gasteiger partial charge in [0.2, 0.25) is 0 Å². The van der Waals surface area contributed by atoms with Crippen molar-refractivity contribution in [2.45, 2.75) is 29.2 Å². The number of aromatic nitrogens is 1. The SMILES string of the molecule is O=C(O)[C@@H]1[C@H]2C[C@H]3[C@@H]1C(=O)Oc1ccc(Br)cc1[C@@H]1c4sc(=O)n(Cc5ccccc5)c4S[C@@H]2[C@H]13. The number of carbonyl (C=O) groups is 2. The first-order valence-corrected chi connectivity index (χ1v) is 14.1. The quantitative estimate of drug-likeness (QED) is 0.359. The van der Waals surface area contributed by atoms with Gasteiger partial charge in [0.25, 0.3) is 0 Å². The zero-order chi connectivity index (χ0) is 24.0. The number of benzene rings is 2. The van der Waals surface area contributed by atoms with Gasteiger partial charge in [-0.15, -0.1) is 11.8 Å². The fourth-order valence-corrected chi connectivity index (χ4v) is 10.5. The fraction of sp³-hybridized carbons (Fsp3) is 0.346. The Hall–Kier alpha value is -2.36. The summed E-state index contributed by atoms with van der Waals surface area (Å²) >= 11 is 6.52. The molecule has 2 saturated carbocycles. The Labute approximate surface area is 217 Å². The number of carbonyl (C=O) groups excluding carboxylic acids is 1. The number of ether oxygens (including phenoxy) is 1. The van der Waals surface area contributed by atoms with Gasteiger partial charge >= 0.3 is 16.8 Å². The van der Waals surface area contributed by atoms with Crippen molar-refractivity contribution < 1.29 is 19.4 Å². The van der Waals surface area contributed by atoms with Crippen molar-refractivity contribution in [3.63, 3.8) is 0 Å². The summed E-state index contributed by atoms with van der Waals surface area (Å²) in [5.41, 5.74) is 1.94. The molecule has 0 unspecified atom stereocenters. The topological polar surface area (TPSA) is 85.6 Å². The third-order valence-corrected chi connectivity index (χ3v) is 11.5. The first-order valence-electron chi connectivity index (χ1n) is 11.6. The molecule has 1 N–H and O–H groups in total. The van der Waals surface area contributed by atoms with Crippen molar-refractivity contribution in [1.29, 1.82) is 0 Å². The molecule has 0 saturated heterocycles. The van der Waals surface area contributed by atoms with E-state index in [1.54, 1.807) is 17.8 Å². The van der Waals surface area contributed by atoms with Crippen molar-refractivity contribution in [3.05, 3.63) is 78.7 Å². The molecule has 4 aliphatic rings. The molecule has 2 aromatic carbocycles. The van der Waals surface area contributed by atoms with E-state index in [-0.39, 0.29) is 33.8 Å². The van der Waals surface area contributed by atoms with Crippen LogP contribution in [0.25, 0.3) is 0 Å². The lowest BCUT2D eigenvalue weighted by Gasteiger charge is -2.46. The largest absolute Gasteiger partial charge is 0.481 e. The van der Waals surface area contributed by atoms with E-state index in [2.05, 4.69) is 15.9 Å². The van der Waals surface area contributed by atoms with Crippen LogP contribution < -0.4 is 9.61 Å². The second-order valence-electron chi connectivity index (χ2n) is 9.80. The number of thioether (sulfide) groups is 1. The second kappa shape index (κ2) is 7.82. The Kier molecular flexibility index (Phi) is 4.89. The van der Waals surface area contributed by atoms with E-state index in [0.717, 1.165) is 25.5 Å². The number of rotatable bonds is 3. The summed E-state index contributed by atoms with van der Waals surface area (Å²) in [6, 6.07) is 15.5. The normalized spacial score (nSPS) is 31.8. The van der Waals surface area contributed by atoms with Crippen LogP contribution in [0.5, 0.6) is 5.75 Å². The molecule has 2 bridgehead atoms. The monoisotopic (exact) mass is 569 g/mol. The minimum absolute atomic E-state index is 0.0133. The molecule has 2 fully saturated rings. The van der Waals surface area contributed by atoms with Crippen molar-refractivity contribution in [1.82, 2.24) is 4.57 Å². The van der Waals surface area contributed by atoms with Gasteiger partial charge in [0, 0.05) is 26.1 Å². The van der Waals surface area contributed by atoms with Gasteiger partial charge in [0.1, 0.15) is 5.75 Å². The number of nitrogens with zero attached hydrogens (tertiary/aromatic N) is 1. The Morgan fingerprint density at radius 1 is 1.14 bits per heavy atom. The van der Waals surface area contributed by atoms with E-state index >= 15 is 0 Å². The fourth-order valence-electron chi connectivity index (χ4n) is 6.98. The number of carboxylic acids is 1. The van der Waals surface area contributed by atoms with Crippen LogP contribution in [-0.4, -0.2) is 26.9 Å². The molecule has 0 spiro atoms. The number of carboxylic acid groups (broad SMARTS) is 1. The molecule has 0 amide bonds. The average Bonchev–Trinajstić information content (AvgIpc) is 3.49. The van der Waals surface area contributed by atoms with E-state index in [9.17, 15) is 19.5 Å². The van der Waals surface area contributed by atoms with Gasteiger partial charge < -0.3 is 9.84 Å². The summed E-state index contributed by atoms with van der Waals surface area (Å²) in [5.74, 6) is -2.53. The van der Waals surface area contributed by atoms with Gasteiger partial charge in [-0.3, -0.25) is 19.0 Å². The summed E-state index contributed by atoms with van der Waals surface area (Å²) in [6.07, 6.45) is 0.705. The standard InChI is InChI=1S/C26H20BrNO5S2/c27-12-6-7-16-13(8-12)17-18-14-9-15(19(24(29)30)20(14)25(31)33-16)21(18)34-23-22(17)35-26(32)28(23)10-11-4-2-1-3-5-11/h1-8,14-15,17-21H,9-10H2,(H,29,30)/t14-,15-,17+,18+,19-,20+,21+/m1/s1. The number of hydrogen-bond donors (Lipinski definition) is 1. The van der Waals surface area contributed by atoms with Gasteiger partial charge in [0.15, 0.2) is 0 Å². The molecule has 2 aliphatic heterocycles. The molecule has 7 atom stereocenters. The lowest BCUT2D eigenvalue weighted by molar-refractivity contribution is -0.156. The average molecular weight is 570 g/mol. The van der Waals surface area contributed by atoms with Crippen LogP contribution in [0.3, 0.4) is 0 Å². The Balaban J connectivity index is 1.45. The van der Waals surface area contributed by atoms with Crippen LogP contribution in [0.1, 0.15) is 28.3 Å². The smallest absolute Gasteiger partial charge is 0.315 e. The van der Waals surface area contributed by atoms with Crippen LogP contribution in [0.15, 0.2) is 62.8 Å². The molecule has 1 aromatic heterocycles. The molecule has 178 valence electrons. The maximum Gasteiger partial charge on any atom is 0.315 e. The zero-order valence-electron chi connectivity index (χ0n) is 18.3. The van der Waals surface area contributed by atoms with E-state index in [1.807, 2.05) is 47.0 Å². The van der Waals surface area contributed by atoms with Crippen LogP contribution in [0.2, 0.25) is 0 Å². The number of halogens is 1.